The van der Waals surface area contributed by atoms with Crippen LogP contribution in [-0.2, 0) is 0 Å². The van der Waals surface area contributed by atoms with E-state index < -0.39 is 7.92 Å². The minimum atomic E-state index is -1.65. The average molecular weight is 471 g/mol. The lowest BCUT2D eigenvalue weighted by atomic mass is 9.86. The third kappa shape index (κ3) is 7.14. The van der Waals surface area contributed by atoms with E-state index in [1.54, 1.807) is 12.1 Å². The molecule has 33 heavy (non-hydrogen) atoms. The second-order valence-electron chi connectivity index (χ2n) is 9.85. The molecule has 0 saturated carbocycles. The molecule has 0 N–H and O–H groups in total. The molecule has 0 saturated heterocycles. The first-order valence-corrected chi connectivity index (χ1v) is 13.3. The molecule has 5 heteroatoms. The summed E-state index contributed by atoms with van der Waals surface area (Å²) in [6.45, 7) is 17.2. The highest BCUT2D eigenvalue weighted by molar-refractivity contribution is 7.90. The fourth-order valence-corrected chi connectivity index (χ4v) is 6.76. The van der Waals surface area contributed by atoms with E-state index in [4.69, 9.17) is 9.47 Å². The Balaban J connectivity index is 2.60. The van der Waals surface area contributed by atoms with Crippen LogP contribution in [0.4, 0.5) is 0 Å². The lowest BCUT2D eigenvalue weighted by molar-refractivity contribution is 0.104. The minimum absolute atomic E-state index is 0.0555. The molecule has 2 unspecified atom stereocenters. The van der Waals surface area contributed by atoms with Crippen molar-refractivity contribution in [1.29, 1.82) is 0 Å². The van der Waals surface area contributed by atoms with Gasteiger partial charge in [-0.25, -0.2) is 0 Å². The van der Waals surface area contributed by atoms with E-state index in [-0.39, 0.29) is 22.4 Å². The van der Waals surface area contributed by atoms with Crippen molar-refractivity contribution in [1.82, 2.24) is 0 Å². The fraction of sp³-hybridized carbons (Fsp3) is 0.500. The van der Waals surface area contributed by atoms with Crippen molar-refractivity contribution in [2.45, 2.75) is 61.8 Å². The monoisotopic (exact) mass is 470 g/mol. The van der Waals surface area contributed by atoms with Gasteiger partial charge in [0.2, 0.25) is 0 Å². The standard InChI is InChI=1S/C28H39O4P/c1-9-31-22-15-12-16-23(32-10-2)25(22)27(30)33(18-19(3)17-28(6,7)8)26(29)24-20(4)13-11-14-21(24)5/h11-16,19H,9-10,17-18H2,1-8H3. The second-order valence-corrected chi connectivity index (χ2v) is 11.9. The highest BCUT2D eigenvalue weighted by Crippen LogP contribution is 2.50. The van der Waals surface area contributed by atoms with Gasteiger partial charge in [0, 0.05) is 13.5 Å². The van der Waals surface area contributed by atoms with Gasteiger partial charge in [-0.05, 0) is 74.9 Å². The van der Waals surface area contributed by atoms with Crippen molar-refractivity contribution in [3.63, 3.8) is 0 Å². The van der Waals surface area contributed by atoms with Crippen LogP contribution in [0.2, 0.25) is 0 Å². The van der Waals surface area contributed by atoms with Gasteiger partial charge in [-0.2, -0.15) is 0 Å². The quantitative estimate of drug-likeness (QED) is 0.317. The van der Waals surface area contributed by atoms with Crippen molar-refractivity contribution in [3.8, 4) is 11.5 Å². The van der Waals surface area contributed by atoms with E-state index in [0.29, 0.717) is 42.0 Å². The first kappa shape index (κ1) is 27.1. The van der Waals surface area contributed by atoms with Crippen molar-refractivity contribution in [3.05, 3.63) is 58.7 Å². The summed E-state index contributed by atoms with van der Waals surface area (Å²) < 4.78 is 11.6. The van der Waals surface area contributed by atoms with Gasteiger partial charge in [0.1, 0.15) is 17.1 Å². The number of ether oxygens (including phenoxy) is 2. The maximum Gasteiger partial charge on any atom is 0.199 e. The number of hydrogen-bond donors (Lipinski definition) is 0. The number of carbonyl (C=O) groups excluding carboxylic acids is 2. The third-order valence-electron chi connectivity index (χ3n) is 5.44. The van der Waals surface area contributed by atoms with Crippen LogP contribution in [0.15, 0.2) is 36.4 Å². The van der Waals surface area contributed by atoms with E-state index in [1.165, 1.54) is 0 Å². The summed E-state index contributed by atoms with van der Waals surface area (Å²) in [4.78, 5) is 28.1. The molecule has 0 spiro atoms. The summed E-state index contributed by atoms with van der Waals surface area (Å²) in [6, 6.07) is 11.2. The van der Waals surface area contributed by atoms with Crippen molar-refractivity contribution in [2.75, 3.05) is 19.4 Å². The van der Waals surface area contributed by atoms with Gasteiger partial charge in [0.25, 0.3) is 0 Å². The van der Waals surface area contributed by atoms with Crippen LogP contribution in [0.25, 0.3) is 0 Å². The Morgan fingerprint density at radius 1 is 0.848 bits per heavy atom. The normalized spacial score (nSPS) is 13.3. The van der Waals surface area contributed by atoms with Crippen molar-refractivity contribution < 1.29 is 19.1 Å². The zero-order valence-electron chi connectivity index (χ0n) is 21.5. The Labute approximate surface area is 200 Å². The molecule has 0 radical (unpaired) electrons. The first-order chi connectivity index (χ1) is 15.5. The Morgan fingerprint density at radius 3 is 1.76 bits per heavy atom. The largest absolute Gasteiger partial charge is 0.493 e. The van der Waals surface area contributed by atoms with Crippen LogP contribution < -0.4 is 9.47 Å². The van der Waals surface area contributed by atoms with Crippen LogP contribution in [0.5, 0.6) is 11.5 Å². The highest BCUT2D eigenvalue weighted by atomic mass is 31.1. The van der Waals surface area contributed by atoms with Gasteiger partial charge in [0.15, 0.2) is 11.0 Å². The lowest BCUT2D eigenvalue weighted by Crippen LogP contribution is -2.19. The summed E-state index contributed by atoms with van der Waals surface area (Å²) in [5.74, 6) is 1.19. The van der Waals surface area contributed by atoms with E-state index in [2.05, 4.69) is 27.7 Å². The van der Waals surface area contributed by atoms with Crippen molar-refractivity contribution in [2.24, 2.45) is 11.3 Å². The Morgan fingerprint density at radius 2 is 1.30 bits per heavy atom. The molecule has 0 aliphatic heterocycles. The van der Waals surface area contributed by atoms with E-state index in [1.807, 2.05) is 52.0 Å². The van der Waals surface area contributed by atoms with E-state index >= 15 is 0 Å². The van der Waals surface area contributed by atoms with Crippen LogP contribution in [0.3, 0.4) is 0 Å². The minimum Gasteiger partial charge on any atom is -0.493 e. The van der Waals surface area contributed by atoms with Gasteiger partial charge < -0.3 is 9.47 Å². The summed E-state index contributed by atoms with van der Waals surface area (Å²) in [5.41, 5.74) is 2.79. The molecule has 0 aromatic heterocycles. The summed E-state index contributed by atoms with van der Waals surface area (Å²) in [7, 11) is -1.65. The molecule has 2 atom stereocenters. The Bertz CT molecular complexity index is 930. The second kappa shape index (κ2) is 11.8. The molecule has 180 valence electrons. The van der Waals surface area contributed by atoms with Gasteiger partial charge in [-0.1, -0.05) is 52.0 Å². The van der Waals surface area contributed by atoms with Crippen LogP contribution in [0.1, 0.15) is 79.8 Å². The number of benzene rings is 2. The topological polar surface area (TPSA) is 52.6 Å². The summed E-state index contributed by atoms with van der Waals surface area (Å²) >= 11 is 0. The SMILES string of the molecule is CCOc1cccc(OCC)c1C(=O)P(CC(C)CC(C)(C)C)C(=O)c1c(C)cccc1C. The molecule has 2 aromatic carbocycles. The van der Waals surface area contributed by atoms with Gasteiger partial charge in [-0.3, -0.25) is 9.59 Å². The molecule has 4 nitrogen and oxygen atoms in total. The predicted molar refractivity (Wildman–Crippen MR) is 138 cm³/mol. The molecular weight excluding hydrogens is 431 g/mol. The molecule has 0 heterocycles. The van der Waals surface area contributed by atoms with Crippen LogP contribution >= 0.6 is 7.92 Å². The number of hydrogen-bond acceptors (Lipinski definition) is 4. The third-order valence-corrected chi connectivity index (χ3v) is 7.86. The average Bonchev–Trinajstić information content (AvgIpc) is 2.71. The molecule has 0 aliphatic carbocycles. The van der Waals surface area contributed by atoms with Gasteiger partial charge >= 0.3 is 0 Å². The first-order valence-electron chi connectivity index (χ1n) is 11.8. The molecule has 2 aromatic rings. The predicted octanol–water partition coefficient (Wildman–Crippen LogP) is 7.64. The molecular formula is C28H39O4P. The zero-order chi connectivity index (χ0) is 24.8. The molecule has 0 bridgehead atoms. The molecule has 2 rings (SSSR count). The van der Waals surface area contributed by atoms with Crippen LogP contribution in [0, 0.1) is 25.2 Å². The lowest BCUT2D eigenvalue weighted by Gasteiger charge is -2.27. The maximum atomic E-state index is 14.1. The molecule has 0 aliphatic rings. The molecule has 0 amide bonds. The Hall–Kier alpha value is -2.19. The number of aryl methyl sites for hydroxylation is 2. The maximum absolute atomic E-state index is 14.1. The number of rotatable bonds is 11. The number of carbonyl (C=O) groups is 2. The Kier molecular flexibility index (Phi) is 9.67. The zero-order valence-corrected chi connectivity index (χ0v) is 22.3. The smallest absolute Gasteiger partial charge is 0.199 e. The summed E-state index contributed by atoms with van der Waals surface area (Å²) in [5, 5.41) is 0. The van der Waals surface area contributed by atoms with Gasteiger partial charge in [-0.15, -0.1) is 0 Å². The molecule has 0 fully saturated rings. The van der Waals surface area contributed by atoms with Crippen molar-refractivity contribution >= 4 is 19.0 Å². The van der Waals surface area contributed by atoms with Gasteiger partial charge in [0.05, 0.1) is 13.2 Å². The highest BCUT2D eigenvalue weighted by Gasteiger charge is 2.35. The van der Waals surface area contributed by atoms with E-state index in [0.717, 1.165) is 17.5 Å². The van der Waals surface area contributed by atoms with E-state index in [9.17, 15) is 9.59 Å². The summed E-state index contributed by atoms with van der Waals surface area (Å²) in [6.07, 6.45) is 1.48. The fourth-order valence-electron chi connectivity index (χ4n) is 4.37. The van der Waals surface area contributed by atoms with Crippen LogP contribution in [-0.4, -0.2) is 30.4 Å².